The third-order valence-electron chi connectivity index (χ3n) is 5.11. The number of furan rings is 1. The minimum Gasteiger partial charge on any atom is -0.464 e. The van der Waals surface area contributed by atoms with E-state index >= 15 is 0 Å². The van der Waals surface area contributed by atoms with Gasteiger partial charge in [-0.2, -0.15) is 4.31 Å². The van der Waals surface area contributed by atoms with Crippen LogP contribution in [0.5, 0.6) is 0 Å². The van der Waals surface area contributed by atoms with E-state index in [0.717, 1.165) is 28.2 Å². The van der Waals surface area contributed by atoms with Crippen molar-refractivity contribution in [1.29, 1.82) is 0 Å². The average Bonchev–Trinajstić information content (AvgIpc) is 3.39. The maximum atomic E-state index is 13.3. The van der Waals surface area contributed by atoms with Gasteiger partial charge in [0, 0.05) is 6.54 Å². The molecule has 3 heterocycles. The lowest BCUT2D eigenvalue weighted by Gasteiger charge is -2.35. The fraction of sp³-hybridized carbons (Fsp3) is 0.286. The highest BCUT2D eigenvalue weighted by Gasteiger charge is 2.40. The topological polar surface area (TPSA) is 79.6 Å². The quantitative estimate of drug-likeness (QED) is 0.670. The number of aryl methyl sites for hydroxylation is 1. The number of benzene rings is 1. The summed E-state index contributed by atoms with van der Waals surface area (Å²) < 4.78 is 33.7. The van der Waals surface area contributed by atoms with E-state index in [0.29, 0.717) is 12.2 Å². The van der Waals surface area contributed by atoms with Crippen LogP contribution < -0.4 is 5.32 Å². The van der Waals surface area contributed by atoms with Crippen molar-refractivity contribution in [3.8, 4) is 0 Å². The summed E-state index contributed by atoms with van der Waals surface area (Å²) in [6.07, 6.45) is 0.330. The Morgan fingerprint density at radius 3 is 2.59 bits per heavy atom. The molecule has 8 heteroatoms. The fourth-order valence-electron chi connectivity index (χ4n) is 3.57. The molecule has 0 bridgehead atoms. The number of rotatable bonds is 5. The van der Waals surface area contributed by atoms with Gasteiger partial charge in [-0.15, -0.1) is 11.3 Å². The van der Waals surface area contributed by atoms with Crippen LogP contribution in [0.2, 0.25) is 0 Å². The van der Waals surface area contributed by atoms with E-state index in [4.69, 9.17) is 4.42 Å². The van der Waals surface area contributed by atoms with E-state index in [9.17, 15) is 13.2 Å². The molecular formula is C21H22N2O4S2. The van der Waals surface area contributed by atoms with Gasteiger partial charge in [0.1, 0.15) is 21.8 Å². The normalized spacial score (nSPS) is 18.2. The lowest BCUT2D eigenvalue weighted by Crippen LogP contribution is -2.52. The number of hydrogen-bond acceptors (Lipinski definition) is 5. The van der Waals surface area contributed by atoms with Gasteiger partial charge >= 0.3 is 0 Å². The van der Waals surface area contributed by atoms with E-state index in [-0.39, 0.29) is 22.7 Å². The largest absolute Gasteiger partial charge is 0.464 e. The molecule has 0 fully saturated rings. The summed E-state index contributed by atoms with van der Waals surface area (Å²) in [7, 11) is -3.78. The van der Waals surface area contributed by atoms with Crippen molar-refractivity contribution in [3.05, 3.63) is 76.6 Å². The molecule has 1 aliphatic heterocycles. The number of carbonyl (C=O) groups is 1. The summed E-state index contributed by atoms with van der Waals surface area (Å²) in [6, 6.07) is 13.4. The Kier molecular flexibility index (Phi) is 5.33. The summed E-state index contributed by atoms with van der Waals surface area (Å²) >= 11 is 1.16. The SMILES string of the molecule is Cc1ccc(C(C)NC(=O)C2Cc3ccccc3CN2S(=O)(=O)c2cccs2)o1. The number of fused-ring (bicyclic) bond motifs is 1. The molecule has 6 nitrogen and oxygen atoms in total. The van der Waals surface area contributed by atoms with Crippen molar-refractivity contribution >= 4 is 27.3 Å². The van der Waals surface area contributed by atoms with E-state index in [1.807, 2.05) is 50.2 Å². The number of sulfonamides is 1. The minimum atomic E-state index is -3.78. The predicted molar refractivity (Wildman–Crippen MR) is 111 cm³/mol. The zero-order valence-electron chi connectivity index (χ0n) is 16.2. The maximum absolute atomic E-state index is 13.3. The minimum absolute atomic E-state index is 0.169. The highest BCUT2D eigenvalue weighted by molar-refractivity contribution is 7.91. The Hall–Kier alpha value is -2.42. The summed E-state index contributed by atoms with van der Waals surface area (Å²) in [6.45, 7) is 3.83. The summed E-state index contributed by atoms with van der Waals surface area (Å²) in [5, 5.41) is 4.65. The van der Waals surface area contributed by atoms with Crippen molar-refractivity contribution in [2.24, 2.45) is 0 Å². The molecule has 1 aromatic carbocycles. The average molecular weight is 431 g/mol. The van der Waals surface area contributed by atoms with E-state index in [1.165, 1.54) is 4.31 Å². The van der Waals surface area contributed by atoms with Crippen LogP contribution in [0.3, 0.4) is 0 Å². The summed E-state index contributed by atoms with van der Waals surface area (Å²) in [5.41, 5.74) is 1.91. The number of amides is 1. The molecule has 1 amide bonds. The fourth-order valence-corrected chi connectivity index (χ4v) is 6.25. The molecule has 2 atom stereocenters. The second-order valence-corrected chi connectivity index (χ2v) is 10.2. The second kappa shape index (κ2) is 7.78. The van der Waals surface area contributed by atoms with Crippen LogP contribution in [0.15, 0.2) is 62.5 Å². The zero-order chi connectivity index (χ0) is 20.6. The molecule has 0 radical (unpaired) electrons. The first-order valence-electron chi connectivity index (χ1n) is 9.35. The van der Waals surface area contributed by atoms with Crippen molar-refractivity contribution in [3.63, 3.8) is 0 Å². The maximum Gasteiger partial charge on any atom is 0.253 e. The predicted octanol–water partition coefficient (Wildman–Crippen LogP) is 3.64. The van der Waals surface area contributed by atoms with E-state index < -0.39 is 16.1 Å². The molecule has 152 valence electrons. The van der Waals surface area contributed by atoms with Crippen LogP contribution in [0, 0.1) is 6.92 Å². The Morgan fingerprint density at radius 1 is 1.17 bits per heavy atom. The van der Waals surface area contributed by atoms with E-state index in [1.54, 1.807) is 17.5 Å². The molecule has 0 saturated heterocycles. The number of nitrogens with one attached hydrogen (secondary N) is 1. The highest BCUT2D eigenvalue weighted by Crippen LogP contribution is 2.31. The lowest BCUT2D eigenvalue weighted by atomic mass is 9.95. The molecule has 4 rings (SSSR count). The molecule has 0 saturated carbocycles. The first kappa shape index (κ1) is 19.9. The van der Waals surface area contributed by atoms with Crippen LogP contribution >= 0.6 is 11.3 Å². The molecule has 3 aromatic rings. The van der Waals surface area contributed by atoms with Crippen LogP contribution in [0.1, 0.15) is 35.6 Å². The molecule has 1 N–H and O–H groups in total. The molecule has 0 spiro atoms. The van der Waals surface area contributed by atoms with E-state index in [2.05, 4.69) is 5.32 Å². The zero-order valence-corrected chi connectivity index (χ0v) is 17.8. The summed E-state index contributed by atoms with van der Waals surface area (Å²) in [4.78, 5) is 13.2. The number of carbonyl (C=O) groups excluding carboxylic acids is 1. The van der Waals surface area contributed by atoms with Crippen molar-refractivity contribution < 1.29 is 17.6 Å². The van der Waals surface area contributed by atoms with Crippen molar-refractivity contribution in [1.82, 2.24) is 9.62 Å². The van der Waals surface area contributed by atoms with Gasteiger partial charge in [0.25, 0.3) is 10.0 Å². The third kappa shape index (κ3) is 3.88. The third-order valence-corrected chi connectivity index (χ3v) is 8.34. The molecule has 29 heavy (non-hydrogen) atoms. The number of hydrogen-bond donors (Lipinski definition) is 1. The number of thiophene rings is 1. The van der Waals surface area contributed by atoms with Gasteiger partial charge in [-0.3, -0.25) is 4.79 Å². The Morgan fingerprint density at radius 2 is 1.93 bits per heavy atom. The van der Waals surface area contributed by atoms with Gasteiger partial charge in [0.05, 0.1) is 6.04 Å². The van der Waals surface area contributed by atoms with Gasteiger partial charge in [-0.05, 0) is 55.0 Å². The van der Waals surface area contributed by atoms with Crippen LogP contribution in [0.4, 0.5) is 0 Å². The Balaban J connectivity index is 1.65. The van der Waals surface area contributed by atoms with Crippen LogP contribution in [0.25, 0.3) is 0 Å². The molecular weight excluding hydrogens is 408 g/mol. The Labute approximate surface area is 174 Å². The number of nitrogens with zero attached hydrogens (tertiary/aromatic N) is 1. The first-order valence-corrected chi connectivity index (χ1v) is 11.7. The van der Waals surface area contributed by atoms with Crippen LogP contribution in [-0.4, -0.2) is 24.7 Å². The van der Waals surface area contributed by atoms with Gasteiger partial charge in [-0.1, -0.05) is 30.3 Å². The van der Waals surface area contributed by atoms with Gasteiger partial charge in [0.15, 0.2) is 0 Å². The Bertz CT molecular complexity index is 1120. The standard InChI is InChI=1S/C21H22N2O4S2/c1-14-9-10-19(27-14)15(2)22-21(24)18-12-16-6-3-4-7-17(16)13-23(18)29(25,26)20-8-5-11-28-20/h3-11,15,18H,12-13H2,1-2H3,(H,22,24). The van der Waals surface area contributed by atoms with Crippen molar-refractivity contribution in [2.45, 2.75) is 43.1 Å². The smallest absolute Gasteiger partial charge is 0.253 e. The monoisotopic (exact) mass is 430 g/mol. The van der Waals surface area contributed by atoms with Gasteiger partial charge < -0.3 is 9.73 Å². The second-order valence-electron chi connectivity index (χ2n) is 7.15. The van der Waals surface area contributed by atoms with Crippen LogP contribution in [-0.2, 0) is 27.8 Å². The summed E-state index contributed by atoms with van der Waals surface area (Å²) in [5.74, 6) is 1.07. The first-order chi connectivity index (χ1) is 13.9. The molecule has 0 aliphatic carbocycles. The molecule has 2 aromatic heterocycles. The lowest BCUT2D eigenvalue weighted by molar-refractivity contribution is -0.126. The highest BCUT2D eigenvalue weighted by atomic mass is 32.2. The molecule has 2 unspecified atom stereocenters. The van der Waals surface area contributed by atoms with Crippen molar-refractivity contribution in [2.75, 3.05) is 0 Å². The van der Waals surface area contributed by atoms with Gasteiger partial charge in [0.2, 0.25) is 5.91 Å². The molecule has 1 aliphatic rings. The van der Waals surface area contributed by atoms with Gasteiger partial charge in [-0.25, -0.2) is 8.42 Å².